The summed E-state index contributed by atoms with van der Waals surface area (Å²) < 4.78 is 88.8. The molecule has 2 aromatic heterocycles. The third kappa shape index (κ3) is 10.7. The molecule has 0 aliphatic carbocycles. The zero-order valence-electron chi connectivity index (χ0n) is 19.3. The van der Waals surface area contributed by atoms with Gasteiger partial charge in [-0.25, -0.2) is 9.92 Å². The fraction of sp³-hybridized carbons (Fsp3) is 0.450. The van der Waals surface area contributed by atoms with Crippen LogP contribution in [0.15, 0.2) is 35.3 Å². The van der Waals surface area contributed by atoms with Gasteiger partial charge in [0.15, 0.2) is 5.70 Å². The highest BCUT2D eigenvalue weighted by molar-refractivity contribution is 7.13. The average molecular weight is 570 g/mol. The van der Waals surface area contributed by atoms with E-state index in [-0.39, 0.29) is 36.6 Å². The second kappa shape index (κ2) is 13.7. The van der Waals surface area contributed by atoms with E-state index in [1.54, 1.807) is 0 Å². The molecule has 2 amide bonds. The molecule has 4 N–H and O–H groups in total. The topological polar surface area (TPSA) is 145 Å². The van der Waals surface area contributed by atoms with Crippen LogP contribution >= 0.6 is 11.3 Å². The number of rotatable bonds is 13. The Labute approximate surface area is 214 Å². The second-order valence-electron chi connectivity index (χ2n) is 7.52. The van der Waals surface area contributed by atoms with Gasteiger partial charge >= 0.3 is 12.4 Å². The van der Waals surface area contributed by atoms with Gasteiger partial charge in [0.25, 0.3) is 11.8 Å². The van der Waals surface area contributed by atoms with E-state index in [1.807, 2.05) is 5.32 Å². The van der Waals surface area contributed by atoms with Crippen molar-refractivity contribution in [3.63, 3.8) is 0 Å². The fourth-order valence-electron chi connectivity index (χ4n) is 2.67. The van der Waals surface area contributed by atoms with Crippen LogP contribution in [0.4, 0.5) is 30.7 Å². The maximum absolute atomic E-state index is 14.2. The first-order chi connectivity index (χ1) is 17.8. The Kier molecular flexibility index (Phi) is 11.0. The van der Waals surface area contributed by atoms with Crippen molar-refractivity contribution in [3.05, 3.63) is 51.5 Å². The number of alkyl halides is 7. The van der Waals surface area contributed by atoms with Crippen LogP contribution in [0.2, 0.25) is 0 Å². The number of amides is 2. The molecule has 2 heterocycles. The minimum atomic E-state index is -4.55. The Bertz CT molecular complexity index is 1140. The summed E-state index contributed by atoms with van der Waals surface area (Å²) in [5.41, 5.74) is 5.46. The normalized spacial score (nSPS) is 13.1. The SMILES string of the molecule is N=N/C(=C\NCC(F)CCc1nnc(C(=O)NCc2cc(C(F)(F)F)ccn2)s1)C(=O)NCCC(F)(F)F. The molecule has 208 valence electrons. The lowest BCUT2D eigenvalue weighted by Gasteiger charge is -2.09. The highest BCUT2D eigenvalue weighted by Crippen LogP contribution is 2.29. The number of hydrogen-bond donors (Lipinski definition) is 4. The molecule has 0 aromatic carbocycles. The quantitative estimate of drug-likeness (QED) is 0.164. The molecule has 0 radical (unpaired) electrons. The lowest BCUT2D eigenvalue weighted by atomic mass is 10.2. The van der Waals surface area contributed by atoms with Gasteiger partial charge in [0, 0.05) is 31.9 Å². The molecular weight excluding hydrogens is 549 g/mol. The summed E-state index contributed by atoms with van der Waals surface area (Å²) >= 11 is 0.865. The predicted octanol–water partition coefficient (Wildman–Crippen LogP) is 3.68. The van der Waals surface area contributed by atoms with E-state index in [0.29, 0.717) is 5.01 Å². The molecular formula is C20H21F7N8O2S. The number of nitrogens with zero attached hydrogens (tertiary/aromatic N) is 4. The molecule has 0 aliphatic rings. The Hall–Kier alpha value is -3.70. The molecule has 0 bridgehead atoms. The number of carbonyl (C=O) groups excluding carboxylic acids is 2. The standard InChI is InChI=1S/C20H21F7N8O2S/c21-12(8-29-10-14(33-28)16(36)31-6-4-19(22,23)24)1-2-15-34-35-18(38-15)17(37)32-9-13-7-11(3-5-30-13)20(25,26)27/h3,5,7,10,12,28-29H,1-2,4,6,8-9H2,(H,31,36)(H,32,37)/b14-10-,33-28?. The van der Waals surface area contributed by atoms with Crippen LogP contribution in [0.25, 0.3) is 0 Å². The van der Waals surface area contributed by atoms with Crippen molar-refractivity contribution in [2.75, 3.05) is 13.1 Å². The summed E-state index contributed by atoms with van der Waals surface area (Å²) in [6, 6.07) is 1.60. The fourth-order valence-corrected chi connectivity index (χ4v) is 3.44. The highest BCUT2D eigenvalue weighted by Gasteiger charge is 2.30. The Morgan fingerprint density at radius 3 is 2.55 bits per heavy atom. The van der Waals surface area contributed by atoms with Crippen LogP contribution in [0.3, 0.4) is 0 Å². The van der Waals surface area contributed by atoms with Gasteiger partial charge in [0.2, 0.25) is 5.01 Å². The van der Waals surface area contributed by atoms with Crippen LogP contribution in [-0.4, -0.2) is 52.4 Å². The van der Waals surface area contributed by atoms with Crippen molar-refractivity contribution < 1.29 is 40.3 Å². The van der Waals surface area contributed by atoms with Crippen molar-refractivity contribution in [2.24, 2.45) is 5.11 Å². The van der Waals surface area contributed by atoms with E-state index in [2.05, 4.69) is 30.9 Å². The van der Waals surface area contributed by atoms with Crippen molar-refractivity contribution in [3.8, 4) is 0 Å². The molecule has 0 fully saturated rings. The zero-order chi connectivity index (χ0) is 28.3. The van der Waals surface area contributed by atoms with Gasteiger partial charge in [-0.05, 0) is 18.6 Å². The first-order valence-corrected chi connectivity index (χ1v) is 11.5. The van der Waals surface area contributed by atoms with Gasteiger partial charge in [-0.2, -0.15) is 31.5 Å². The number of halogens is 7. The lowest BCUT2D eigenvalue weighted by molar-refractivity contribution is -0.138. The Balaban J connectivity index is 1.76. The summed E-state index contributed by atoms with van der Waals surface area (Å²) in [7, 11) is 0. The number of aromatic nitrogens is 3. The van der Waals surface area contributed by atoms with E-state index >= 15 is 0 Å². The van der Waals surface area contributed by atoms with Gasteiger partial charge in [-0.3, -0.25) is 14.6 Å². The van der Waals surface area contributed by atoms with Gasteiger partial charge in [0.05, 0.1) is 24.2 Å². The number of hydrogen-bond acceptors (Lipinski definition) is 9. The monoisotopic (exact) mass is 570 g/mol. The van der Waals surface area contributed by atoms with Gasteiger partial charge < -0.3 is 16.0 Å². The second-order valence-corrected chi connectivity index (χ2v) is 8.59. The number of aryl methyl sites for hydroxylation is 1. The summed E-state index contributed by atoms with van der Waals surface area (Å²) in [6.07, 6.45) is -9.86. The molecule has 0 spiro atoms. The Morgan fingerprint density at radius 2 is 1.89 bits per heavy atom. The van der Waals surface area contributed by atoms with Crippen LogP contribution in [0, 0.1) is 5.53 Å². The van der Waals surface area contributed by atoms with E-state index in [9.17, 15) is 40.3 Å². The van der Waals surface area contributed by atoms with Gasteiger partial charge in [-0.1, -0.05) is 11.3 Å². The molecule has 0 saturated carbocycles. The first-order valence-electron chi connectivity index (χ1n) is 10.7. The lowest BCUT2D eigenvalue weighted by Crippen LogP contribution is -2.29. The summed E-state index contributed by atoms with van der Waals surface area (Å²) in [5.74, 6) is -1.73. The molecule has 0 saturated heterocycles. The van der Waals surface area contributed by atoms with Crippen LogP contribution in [0.5, 0.6) is 0 Å². The number of pyridine rings is 1. The maximum Gasteiger partial charge on any atom is 0.416 e. The minimum absolute atomic E-state index is 0.0140. The Morgan fingerprint density at radius 1 is 1.16 bits per heavy atom. The third-order valence-electron chi connectivity index (χ3n) is 4.53. The molecule has 0 aliphatic heterocycles. The molecule has 1 atom stereocenters. The molecule has 10 nitrogen and oxygen atoms in total. The van der Waals surface area contributed by atoms with Crippen LogP contribution in [-0.2, 0) is 23.9 Å². The predicted molar refractivity (Wildman–Crippen MR) is 118 cm³/mol. The highest BCUT2D eigenvalue weighted by atomic mass is 32.1. The summed E-state index contributed by atoms with van der Waals surface area (Å²) in [4.78, 5) is 27.7. The van der Waals surface area contributed by atoms with Crippen molar-refractivity contribution in [2.45, 2.75) is 44.3 Å². The van der Waals surface area contributed by atoms with Crippen LogP contribution in [0.1, 0.15) is 38.9 Å². The largest absolute Gasteiger partial charge is 0.416 e. The van der Waals surface area contributed by atoms with Crippen LogP contribution < -0.4 is 16.0 Å². The van der Waals surface area contributed by atoms with E-state index in [1.165, 1.54) is 0 Å². The number of nitrogens with one attached hydrogen (secondary N) is 4. The van der Waals surface area contributed by atoms with E-state index < -0.39 is 54.6 Å². The smallest absolute Gasteiger partial charge is 0.386 e. The first kappa shape index (κ1) is 30.5. The van der Waals surface area contributed by atoms with Crippen molar-refractivity contribution in [1.29, 1.82) is 5.53 Å². The van der Waals surface area contributed by atoms with E-state index in [0.717, 1.165) is 35.9 Å². The van der Waals surface area contributed by atoms with Gasteiger partial charge in [0.1, 0.15) is 11.2 Å². The molecule has 38 heavy (non-hydrogen) atoms. The van der Waals surface area contributed by atoms with Crippen molar-refractivity contribution >= 4 is 23.2 Å². The minimum Gasteiger partial charge on any atom is -0.386 e. The molecule has 18 heteroatoms. The average Bonchev–Trinajstić information content (AvgIpc) is 3.32. The molecule has 2 rings (SSSR count). The van der Waals surface area contributed by atoms with Crippen molar-refractivity contribution in [1.82, 2.24) is 31.1 Å². The third-order valence-corrected chi connectivity index (χ3v) is 5.51. The molecule has 1 unspecified atom stereocenters. The van der Waals surface area contributed by atoms with Gasteiger partial charge in [-0.15, -0.1) is 10.2 Å². The molecule has 2 aromatic rings. The maximum atomic E-state index is 14.2. The van der Waals surface area contributed by atoms with E-state index in [4.69, 9.17) is 5.53 Å². The summed E-state index contributed by atoms with van der Waals surface area (Å²) in [6.45, 7) is -1.30. The zero-order valence-corrected chi connectivity index (χ0v) is 20.1. The number of carbonyl (C=O) groups is 2. The summed E-state index contributed by atoms with van der Waals surface area (Å²) in [5, 5.41) is 17.3.